The topological polar surface area (TPSA) is 9.23 Å². The molecule has 0 spiro atoms. The van der Waals surface area contributed by atoms with Crippen molar-refractivity contribution >= 4 is 0 Å². The summed E-state index contributed by atoms with van der Waals surface area (Å²) in [5, 5.41) is 0. The Morgan fingerprint density at radius 1 is 1.11 bits per heavy atom. The Balaban J connectivity index is 4.24. The van der Waals surface area contributed by atoms with Crippen LogP contribution in [0.15, 0.2) is 36.5 Å². The lowest BCUT2D eigenvalue weighted by molar-refractivity contribution is 0.0393. The molecule has 0 aromatic rings. The van der Waals surface area contributed by atoms with Gasteiger partial charge in [-0.15, -0.1) is 0 Å². The van der Waals surface area contributed by atoms with Gasteiger partial charge in [0.25, 0.3) is 0 Å². The maximum Gasteiger partial charge on any atom is 0.0839 e. The molecule has 1 atom stereocenters. The predicted molar refractivity (Wildman–Crippen MR) is 80.4 cm³/mol. The fourth-order valence-electron chi connectivity index (χ4n) is 1.51. The number of rotatable bonds is 7. The SMILES string of the molecule is C/C=C/C=C/C#C/C=C/C(C)(CCCCC)OC. The van der Waals surface area contributed by atoms with Crippen LogP contribution in [0.3, 0.4) is 0 Å². The summed E-state index contributed by atoms with van der Waals surface area (Å²) >= 11 is 0. The highest BCUT2D eigenvalue weighted by Crippen LogP contribution is 2.19. The quantitative estimate of drug-likeness (QED) is 0.360. The van der Waals surface area contributed by atoms with Crippen molar-refractivity contribution in [2.24, 2.45) is 0 Å². The molecule has 0 amide bonds. The number of hydrogen-bond acceptors (Lipinski definition) is 1. The van der Waals surface area contributed by atoms with E-state index in [1.165, 1.54) is 19.3 Å². The number of methoxy groups -OCH3 is 1. The Hall–Kier alpha value is -1.26. The van der Waals surface area contributed by atoms with E-state index in [9.17, 15) is 0 Å². The van der Waals surface area contributed by atoms with Crippen LogP contribution in [-0.2, 0) is 4.74 Å². The van der Waals surface area contributed by atoms with E-state index < -0.39 is 0 Å². The first-order chi connectivity index (χ1) is 8.68. The third kappa shape index (κ3) is 8.84. The van der Waals surface area contributed by atoms with E-state index in [0.717, 1.165) is 6.42 Å². The molecule has 0 aliphatic carbocycles. The Labute approximate surface area is 113 Å². The second-order valence-electron chi connectivity index (χ2n) is 4.48. The maximum atomic E-state index is 5.55. The van der Waals surface area contributed by atoms with Gasteiger partial charge in [0, 0.05) is 7.11 Å². The van der Waals surface area contributed by atoms with E-state index in [2.05, 4.69) is 31.8 Å². The number of ether oxygens (including phenoxy) is 1. The van der Waals surface area contributed by atoms with Crippen LogP contribution < -0.4 is 0 Å². The summed E-state index contributed by atoms with van der Waals surface area (Å²) in [4.78, 5) is 0. The molecule has 0 rings (SSSR count). The number of unbranched alkanes of at least 4 members (excludes halogenated alkanes) is 2. The summed E-state index contributed by atoms with van der Waals surface area (Å²) < 4.78 is 5.55. The fourth-order valence-corrected chi connectivity index (χ4v) is 1.51. The molecule has 0 aliphatic heterocycles. The van der Waals surface area contributed by atoms with Crippen molar-refractivity contribution in [2.75, 3.05) is 7.11 Å². The van der Waals surface area contributed by atoms with Crippen LogP contribution in [0.5, 0.6) is 0 Å². The van der Waals surface area contributed by atoms with Crippen molar-refractivity contribution in [3.8, 4) is 11.8 Å². The predicted octanol–water partition coefficient (Wildman–Crippen LogP) is 4.66. The lowest BCUT2D eigenvalue weighted by Gasteiger charge is -2.23. The molecule has 1 heteroatoms. The molecule has 0 heterocycles. The minimum atomic E-state index is -0.184. The first-order valence-electron chi connectivity index (χ1n) is 6.70. The molecule has 0 fully saturated rings. The molecular weight excluding hydrogens is 220 g/mol. The molecule has 0 radical (unpaired) electrons. The number of allylic oxidation sites excluding steroid dienone is 5. The second-order valence-corrected chi connectivity index (χ2v) is 4.48. The van der Waals surface area contributed by atoms with E-state index in [1.807, 2.05) is 37.3 Å². The van der Waals surface area contributed by atoms with Gasteiger partial charge in [0.05, 0.1) is 5.60 Å². The van der Waals surface area contributed by atoms with Gasteiger partial charge >= 0.3 is 0 Å². The molecule has 0 aromatic heterocycles. The zero-order valence-electron chi connectivity index (χ0n) is 12.2. The van der Waals surface area contributed by atoms with Gasteiger partial charge < -0.3 is 4.74 Å². The first kappa shape index (κ1) is 16.7. The second kappa shape index (κ2) is 10.9. The van der Waals surface area contributed by atoms with Crippen molar-refractivity contribution in [3.63, 3.8) is 0 Å². The zero-order chi connectivity index (χ0) is 13.7. The summed E-state index contributed by atoms with van der Waals surface area (Å²) in [6, 6.07) is 0. The lowest BCUT2D eigenvalue weighted by atomic mass is 9.97. The molecule has 1 nitrogen and oxygen atoms in total. The van der Waals surface area contributed by atoms with Gasteiger partial charge in [-0.3, -0.25) is 0 Å². The van der Waals surface area contributed by atoms with E-state index in [4.69, 9.17) is 4.74 Å². The lowest BCUT2D eigenvalue weighted by Crippen LogP contribution is -2.23. The van der Waals surface area contributed by atoms with Crippen LogP contribution in [-0.4, -0.2) is 12.7 Å². The van der Waals surface area contributed by atoms with Crippen molar-refractivity contribution in [2.45, 2.75) is 52.1 Å². The fraction of sp³-hybridized carbons (Fsp3) is 0.529. The van der Waals surface area contributed by atoms with Crippen molar-refractivity contribution in [1.82, 2.24) is 0 Å². The van der Waals surface area contributed by atoms with Crippen LogP contribution in [0.2, 0.25) is 0 Å². The third-order valence-electron chi connectivity index (χ3n) is 2.83. The molecule has 0 saturated heterocycles. The van der Waals surface area contributed by atoms with Crippen LogP contribution >= 0.6 is 0 Å². The average molecular weight is 246 g/mol. The number of hydrogen-bond donors (Lipinski definition) is 0. The highest BCUT2D eigenvalue weighted by molar-refractivity contribution is 5.26. The molecule has 0 N–H and O–H groups in total. The Morgan fingerprint density at radius 2 is 1.83 bits per heavy atom. The van der Waals surface area contributed by atoms with Crippen LogP contribution in [0, 0.1) is 11.8 Å². The molecule has 0 aromatic carbocycles. The molecule has 100 valence electrons. The van der Waals surface area contributed by atoms with E-state index in [-0.39, 0.29) is 5.60 Å². The molecule has 1 unspecified atom stereocenters. The summed E-state index contributed by atoms with van der Waals surface area (Å²) in [6.45, 7) is 6.30. The molecule has 0 aliphatic rings. The van der Waals surface area contributed by atoms with Crippen molar-refractivity contribution < 1.29 is 4.74 Å². The average Bonchev–Trinajstić information content (AvgIpc) is 2.38. The summed E-state index contributed by atoms with van der Waals surface area (Å²) in [5.41, 5.74) is -0.184. The molecular formula is C17H26O. The minimum absolute atomic E-state index is 0.184. The van der Waals surface area contributed by atoms with Crippen molar-refractivity contribution in [1.29, 1.82) is 0 Å². The first-order valence-corrected chi connectivity index (χ1v) is 6.70. The van der Waals surface area contributed by atoms with Gasteiger partial charge in [0.1, 0.15) is 0 Å². The zero-order valence-corrected chi connectivity index (χ0v) is 12.2. The summed E-state index contributed by atoms with van der Waals surface area (Å²) in [5.74, 6) is 5.95. The van der Waals surface area contributed by atoms with E-state index >= 15 is 0 Å². The molecule has 0 saturated carbocycles. The standard InChI is InChI=1S/C17H26O/c1-5-7-9-10-11-12-14-16-17(3,18-4)15-13-8-6-2/h5,7,9-10,14,16H,6,8,13,15H2,1-4H3/b7-5+,10-9+,16-14+. The smallest absolute Gasteiger partial charge is 0.0839 e. The Morgan fingerprint density at radius 3 is 2.44 bits per heavy atom. The van der Waals surface area contributed by atoms with E-state index in [1.54, 1.807) is 7.11 Å². The van der Waals surface area contributed by atoms with Gasteiger partial charge in [-0.2, -0.15) is 0 Å². The van der Waals surface area contributed by atoms with E-state index in [0.29, 0.717) is 0 Å². The van der Waals surface area contributed by atoms with Gasteiger partial charge in [0.15, 0.2) is 0 Å². The van der Waals surface area contributed by atoms with Crippen LogP contribution in [0.25, 0.3) is 0 Å². The van der Waals surface area contributed by atoms with Gasteiger partial charge in [-0.25, -0.2) is 0 Å². The normalized spacial score (nSPS) is 15.1. The van der Waals surface area contributed by atoms with Crippen LogP contribution in [0.1, 0.15) is 46.5 Å². The molecule has 0 bridgehead atoms. The maximum absolute atomic E-state index is 5.55. The van der Waals surface area contributed by atoms with Gasteiger partial charge in [-0.05, 0) is 38.5 Å². The Bertz CT molecular complexity index is 338. The molecule has 18 heavy (non-hydrogen) atoms. The third-order valence-corrected chi connectivity index (χ3v) is 2.83. The highest BCUT2D eigenvalue weighted by Gasteiger charge is 2.18. The van der Waals surface area contributed by atoms with Crippen molar-refractivity contribution in [3.05, 3.63) is 36.5 Å². The largest absolute Gasteiger partial charge is 0.374 e. The monoisotopic (exact) mass is 246 g/mol. The highest BCUT2D eigenvalue weighted by atomic mass is 16.5. The van der Waals surface area contributed by atoms with Crippen LogP contribution in [0.4, 0.5) is 0 Å². The Kier molecular flexibility index (Phi) is 10.1. The summed E-state index contributed by atoms with van der Waals surface area (Å²) in [6.07, 6.45) is 16.4. The minimum Gasteiger partial charge on any atom is -0.374 e. The summed E-state index contributed by atoms with van der Waals surface area (Å²) in [7, 11) is 1.76. The van der Waals surface area contributed by atoms with Gasteiger partial charge in [-0.1, -0.05) is 56.3 Å². The van der Waals surface area contributed by atoms with Gasteiger partial charge in [0.2, 0.25) is 0 Å².